The highest BCUT2D eigenvalue weighted by molar-refractivity contribution is 5.23. The molecule has 1 unspecified atom stereocenters. The van der Waals surface area contributed by atoms with E-state index in [1.54, 1.807) is 7.11 Å². The summed E-state index contributed by atoms with van der Waals surface area (Å²) in [5.41, 5.74) is 2.47. The fourth-order valence-electron chi connectivity index (χ4n) is 4.85. The maximum absolute atomic E-state index is 5.96. The summed E-state index contributed by atoms with van der Waals surface area (Å²) in [5.74, 6) is 0. The predicted molar refractivity (Wildman–Crippen MR) is 159 cm³/mol. The van der Waals surface area contributed by atoms with Gasteiger partial charge in [-0.25, -0.2) is 0 Å². The van der Waals surface area contributed by atoms with E-state index >= 15 is 0 Å². The molecule has 1 aromatic rings. The standard InChI is InChI=1S/C33H57N2O3/c1-4-6-7-8-9-10-11-12-13-14-15-16-17-18-24-37-28-33(36-3)29-38-27-32-21-19-20-31(25-32)26-35-23-22-34(5-2)30-35/h19-23,25,30,33H,4-18,24,26-29H2,1-3H3. The molecule has 0 bridgehead atoms. The highest BCUT2D eigenvalue weighted by atomic mass is 16.6. The third-order valence-electron chi connectivity index (χ3n) is 7.32. The molecule has 0 N–H and O–H groups in total. The molecule has 1 atom stereocenters. The van der Waals surface area contributed by atoms with Gasteiger partial charge in [0.25, 0.3) is 0 Å². The van der Waals surface area contributed by atoms with Crippen LogP contribution in [-0.2, 0) is 27.4 Å². The highest BCUT2D eigenvalue weighted by Crippen LogP contribution is 2.17. The van der Waals surface area contributed by atoms with Crippen LogP contribution in [0.3, 0.4) is 0 Å². The van der Waals surface area contributed by atoms with Crippen LogP contribution in [0.1, 0.15) is 115 Å². The van der Waals surface area contributed by atoms with E-state index in [0.29, 0.717) is 19.8 Å². The van der Waals surface area contributed by atoms with Gasteiger partial charge in [0.15, 0.2) is 0 Å². The van der Waals surface area contributed by atoms with Crippen molar-refractivity contribution in [2.75, 3.05) is 33.5 Å². The molecule has 1 aliphatic heterocycles. The van der Waals surface area contributed by atoms with Crippen molar-refractivity contribution in [2.24, 2.45) is 0 Å². The van der Waals surface area contributed by atoms with Crippen LogP contribution in [0.2, 0.25) is 0 Å². The van der Waals surface area contributed by atoms with Crippen LogP contribution < -0.4 is 0 Å². The molecular formula is C33H57N2O3. The number of methoxy groups -OCH3 is 1. The molecule has 1 aromatic carbocycles. The second-order valence-electron chi connectivity index (χ2n) is 10.8. The first-order chi connectivity index (χ1) is 18.7. The zero-order valence-corrected chi connectivity index (χ0v) is 24.9. The van der Waals surface area contributed by atoms with Crippen molar-refractivity contribution in [1.29, 1.82) is 0 Å². The molecular weight excluding hydrogens is 472 g/mol. The maximum Gasteiger partial charge on any atom is 0.141 e. The lowest BCUT2D eigenvalue weighted by Gasteiger charge is -2.19. The van der Waals surface area contributed by atoms with E-state index in [0.717, 1.165) is 26.1 Å². The lowest BCUT2D eigenvalue weighted by molar-refractivity contribution is -0.0451. The Morgan fingerprint density at radius 1 is 0.684 bits per heavy atom. The van der Waals surface area contributed by atoms with Crippen LogP contribution >= 0.6 is 0 Å². The Morgan fingerprint density at radius 3 is 1.87 bits per heavy atom. The number of unbranched alkanes of at least 4 members (excludes halogenated alkanes) is 13. The topological polar surface area (TPSA) is 34.2 Å². The smallest absolute Gasteiger partial charge is 0.141 e. The van der Waals surface area contributed by atoms with Gasteiger partial charge in [-0.15, -0.1) is 0 Å². The Labute approximate surface area is 234 Å². The first kappa shape index (κ1) is 32.7. The average molecular weight is 530 g/mol. The van der Waals surface area contributed by atoms with Gasteiger partial charge in [0.05, 0.1) is 19.8 Å². The number of hydrogen-bond acceptors (Lipinski definition) is 5. The number of hydrogen-bond donors (Lipinski definition) is 0. The number of rotatable bonds is 25. The molecule has 5 nitrogen and oxygen atoms in total. The Bertz CT molecular complexity index is 711. The molecule has 0 spiro atoms. The first-order valence-electron chi connectivity index (χ1n) is 15.6. The quantitative estimate of drug-likeness (QED) is 0.119. The molecule has 1 radical (unpaired) electrons. The minimum atomic E-state index is -0.0193. The van der Waals surface area contributed by atoms with Gasteiger partial charge in [-0.2, -0.15) is 0 Å². The van der Waals surface area contributed by atoms with Crippen molar-refractivity contribution in [3.63, 3.8) is 0 Å². The minimum Gasteiger partial charge on any atom is -0.379 e. The van der Waals surface area contributed by atoms with Crippen molar-refractivity contribution >= 4 is 0 Å². The summed E-state index contributed by atoms with van der Waals surface area (Å²) in [6.45, 7) is 11.0. The monoisotopic (exact) mass is 529 g/mol. The summed E-state index contributed by atoms with van der Waals surface area (Å²) in [4.78, 5) is 4.39. The summed E-state index contributed by atoms with van der Waals surface area (Å²) >= 11 is 0. The summed E-state index contributed by atoms with van der Waals surface area (Å²) < 4.78 is 17.4. The van der Waals surface area contributed by atoms with Crippen molar-refractivity contribution in [1.82, 2.24) is 9.80 Å². The number of benzene rings is 1. The fourth-order valence-corrected chi connectivity index (χ4v) is 4.85. The van der Waals surface area contributed by atoms with E-state index in [2.05, 4.69) is 67.0 Å². The zero-order valence-electron chi connectivity index (χ0n) is 24.9. The van der Waals surface area contributed by atoms with E-state index in [4.69, 9.17) is 14.2 Å². The Morgan fingerprint density at radius 2 is 1.26 bits per heavy atom. The van der Waals surface area contributed by atoms with E-state index < -0.39 is 0 Å². The highest BCUT2D eigenvalue weighted by Gasteiger charge is 2.12. The molecule has 5 heteroatoms. The second kappa shape index (κ2) is 22.3. The number of ether oxygens (including phenoxy) is 3. The van der Waals surface area contributed by atoms with Gasteiger partial charge in [0.2, 0.25) is 0 Å². The van der Waals surface area contributed by atoms with Gasteiger partial charge < -0.3 is 24.0 Å². The van der Waals surface area contributed by atoms with Crippen LogP contribution in [0.15, 0.2) is 36.7 Å². The summed E-state index contributed by atoms with van der Waals surface area (Å²) in [7, 11) is 1.74. The van der Waals surface area contributed by atoms with Crippen molar-refractivity contribution in [2.45, 2.75) is 123 Å². The second-order valence-corrected chi connectivity index (χ2v) is 10.8. The zero-order chi connectivity index (χ0) is 27.1. The Hall–Kier alpha value is -1.56. The molecule has 0 aromatic heterocycles. The molecule has 2 rings (SSSR count). The lowest BCUT2D eigenvalue weighted by Crippen LogP contribution is -2.24. The van der Waals surface area contributed by atoms with E-state index in [-0.39, 0.29) is 6.10 Å². The third-order valence-corrected chi connectivity index (χ3v) is 7.32. The van der Waals surface area contributed by atoms with Gasteiger partial charge in [0, 0.05) is 39.2 Å². The van der Waals surface area contributed by atoms with Crippen LogP contribution in [0.25, 0.3) is 0 Å². The van der Waals surface area contributed by atoms with Crippen LogP contribution in [-0.4, -0.2) is 49.4 Å². The Kier molecular flexibility index (Phi) is 19.1. The largest absolute Gasteiger partial charge is 0.379 e. The van der Waals surface area contributed by atoms with Crippen LogP contribution in [0, 0.1) is 6.67 Å². The molecule has 0 amide bonds. The molecule has 217 valence electrons. The summed E-state index contributed by atoms with van der Waals surface area (Å²) in [6.07, 6.45) is 23.5. The number of nitrogens with zero attached hydrogens (tertiary/aromatic N) is 2. The van der Waals surface area contributed by atoms with Gasteiger partial charge in [-0.3, -0.25) is 0 Å². The van der Waals surface area contributed by atoms with Gasteiger partial charge in [-0.05, 0) is 24.5 Å². The van der Waals surface area contributed by atoms with E-state index in [1.165, 1.54) is 94.6 Å². The van der Waals surface area contributed by atoms with Crippen LogP contribution in [0.5, 0.6) is 0 Å². The molecule has 0 aliphatic carbocycles. The summed E-state index contributed by atoms with van der Waals surface area (Å²) in [6, 6.07) is 8.63. The van der Waals surface area contributed by atoms with Gasteiger partial charge in [-0.1, -0.05) is 115 Å². The predicted octanol–water partition coefficient (Wildman–Crippen LogP) is 8.44. The van der Waals surface area contributed by atoms with E-state index in [9.17, 15) is 0 Å². The van der Waals surface area contributed by atoms with Gasteiger partial charge in [0.1, 0.15) is 12.8 Å². The molecule has 1 heterocycles. The molecule has 0 fully saturated rings. The molecule has 1 aliphatic rings. The normalized spacial score (nSPS) is 14.1. The molecule has 0 saturated carbocycles. The Balaban J connectivity index is 1.41. The van der Waals surface area contributed by atoms with Gasteiger partial charge >= 0.3 is 0 Å². The SMILES string of the molecule is CCCCCCCCCCCCCCCCOCC(COCc1cccc(CN2[CH]N(CC)C=C2)c1)OC. The molecule has 38 heavy (non-hydrogen) atoms. The van der Waals surface area contributed by atoms with Crippen LogP contribution in [0.4, 0.5) is 0 Å². The van der Waals surface area contributed by atoms with E-state index in [1.807, 2.05) is 0 Å². The maximum atomic E-state index is 5.96. The third kappa shape index (κ3) is 15.8. The van der Waals surface area contributed by atoms with Crippen molar-refractivity contribution in [3.05, 3.63) is 54.5 Å². The first-order valence-corrected chi connectivity index (χ1v) is 15.6. The average Bonchev–Trinajstić information content (AvgIpc) is 3.39. The van der Waals surface area contributed by atoms with Crippen molar-refractivity contribution < 1.29 is 14.2 Å². The minimum absolute atomic E-state index is 0.0193. The summed E-state index contributed by atoms with van der Waals surface area (Å²) in [5, 5.41) is 0. The molecule has 0 saturated heterocycles. The van der Waals surface area contributed by atoms with Crippen molar-refractivity contribution in [3.8, 4) is 0 Å². The lowest BCUT2D eigenvalue weighted by atomic mass is 10.0. The fraction of sp³-hybridized carbons (Fsp3) is 0.727.